The number of hydrogen-bond donors (Lipinski definition) is 3. The summed E-state index contributed by atoms with van der Waals surface area (Å²) in [5.41, 5.74) is 6.82. The summed E-state index contributed by atoms with van der Waals surface area (Å²) >= 11 is 0. The van der Waals surface area contributed by atoms with Crippen LogP contribution in [0.3, 0.4) is 0 Å². The molecule has 0 radical (unpaired) electrons. The fourth-order valence-electron chi connectivity index (χ4n) is 2.37. The van der Waals surface area contributed by atoms with Crippen LogP contribution in [0.15, 0.2) is 62.6 Å². The second-order valence-corrected chi connectivity index (χ2v) is 5.69. The number of benzene rings is 1. The maximum atomic E-state index is 11.1. The first-order valence-corrected chi connectivity index (χ1v) is 8.56. The Bertz CT molecular complexity index is 914. The molecule has 0 aliphatic carbocycles. The molecule has 8 nitrogen and oxygen atoms in total. The Morgan fingerprint density at radius 2 is 2.00 bits per heavy atom. The molecule has 2 heterocycles. The van der Waals surface area contributed by atoms with Gasteiger partial charge in [-0.1, -0.05) is 18.2 Å². The van der Waals surface area contributed by atoms with Crippen LogP contribution in [-0.2, 0) is 13.1 Å². The molecule has 8 heteroatoms. The Labute approximate surface area is 156 Å². The average Bonchev–Trinajstić information content (AvgIpc) is 3.34. The summed E-state index contributed by atoms with van der Waals surface area (Å²) in [5.74, 6) is 1.28. The van der Waals surface area contributed by atoms with Gasteiger partial charge in [-0.15, -0.1) is 0 Å². The van der Waals surface area contributed by atoms with Crippen LogP contribution in [-0.4, -0.2) is 23.4 Å². The Morgan fingerprint density at radius 1 is 1.19 bits per heavy atom. The van der Waals surface area contributed by atoms with E-state index in [0.717, 1.165) is 11.3 Å². The summed E-state index contributed by atoms with van der Waals surface area (Å²) < 4.78 is 10.9. The minimum atomic E-state index is -0.595. The Morgan fingerprint density at radius 3 is 2.70 bits per heavy atom. The number of amides is 1. The van der Waals surface area contributed by atoms with E-state index in [1.54, 1.807) is 18.4 Å². The smallest absolute Gasteiger partial charge is 0.284 e. The van der Waals surface area contributed by atoms with Crippen LogP contribution in [0.1, 0.15) is 28.9 Å². The SMILES string of the molecule is CCNC(=NCc1coc(-c2ccccc2)n1)NCc1ccc(C(N)=O)o1. The van der Waals surface area contributed by atoms with E-state index < -0.39 is 5.91 Å². The van der Waals surface area contributed by atoms with Crippen molar-refractivity contribution in [3.8, 4) is 11.5 Å². The average molecular weight is 367 g/mol. The first kappa shape index (κ1) is 18.2. The Hall–Kier alpha value is -3.55. The van der Waals surface area contributed by atoms with Crippen molar-refractivity contribution in [2.45, 2.75) is 20.0 Å². The summed E-state index contributed by atoms with van der Waals surface area (Å²) in [4.78, 5) is 20.0. The lowest BCUT2D eigenvalue weighted by atomic mass is 10.2. The van der Waals surface area contributed by atoms with Crippen LogP contribution in [0.4, 0.5) is 0 Å². The van der Waals surface area contributed by atoms with E-state index in [9.17, 15) is 4.79 Å². The Balaban J connectivity index is 1.61. The van der Waals surface area contributed by atoms with Crippen LogP contribution < -0.4 is 16.4 Å². The molecule has 0 aliphatic heterocycles. The van der Waals surface area contributed by atoms with Gasteiger partial charge < -0.3 is 25.2 Å². The number of nitrogens with zero attached hydrogens (tertiary/aromatic N) is 2. The van der Waals surface area contributed by atoms with Gasteiger partial charge in [0.1, 0.15) is 17.7 Å². The highest BCUT2D eigenvalue weighted by atomic mass is 16.4. The van der Waals surface area contributed by atoms with Crippen molar-refractivity contribution in [3.63, 3.8) is 0 Å². The predicted octanol–water partition coefficient (Wildman–Crippen LogP) is 2.29. The third-order valence-electron chi connectivity index (χ3n) is 3.65. The van der Waals surface area contributed by atoms with Gasteiger partial charge in [0.15, 0.2) is 11.7 Å². The molecule has 3 aromatic rings. The van der Waals surface area contributed by atoms with Gasteiger partial charge in [0, 0.05) is 12.1 Å². The highest BCUT2D eigenvalue weighted by Gasteiger charge is 2.09. The highest BCUT2D eigenvalue weighted by molar-refractivity contribution is 5.89. The van der Waals surface area contributed by atoms with Crippen LogP contribution in [0, 0.1) is 0 Å². The van der Waals surface area contributed by atoms with Crippen molar-refractivity contribution in [1.82, 2.24) is 15.6 Å². The molecule has 4 N–H and O–H groups in total. The third-order valence-corrected chi connectivity index (χ3v) is 3.65. The van der Waals surface area contributed by atoms with Gasteiger partial charge in [-0.2, -0.15) is 0 Å². The van der Waals surface area contributed by atoms with Crippen molar-refractivity contribution in [3.05, 3.63) is 65.9 Å². The van der Waals surface area contributed by atoms with Crippen LogP contribution >= 0.6 is 0 Å². The quantitative estimate of drug-likeness (QED) is 0.435. The number of nitrogens with one attached hydrogen (secondary N) is 2. The molecule has 140 valence electrons. The number of rotatable bonds is 7. The van der Waals surface area contributed by atoms with Crippen molar-refractivity contribution in [2.75, 3.05) is 6.54 Å². The zero-order valence-corrected chi connectivity index (χ0v) is 14.9. The van der Waals surface area contributed by atoms with E-state index in [-0.39, 0.29) is 5.76 Å². The summed E-state index contributed by atoms with van der Waals surface area (Å²) in [5, 5.41) is 6.27. The standard InChI is InChI=1S/C19H21N5O3/c1-2-21-19(23-11-15-8-9-16(27-15)17(20)25)22-10-14-12-26-18(24-14)13-6-4-3-5-7-13/h3-9,12H,2,10-11H2,1H3,(H2,20,25)(H2,21,22,23). The lowest BCUT2D eigenvalue weighted by molar-refractivity contribution is 0.0972. The van der Waals surface area contributed by atoms with E-state index in [4.69, 9.17) is 14.6 Å². The van der Waals surface area contributed by atoms with Crippen molar-refractivity contribution in [2.24, 2.45) is 10.7 Å². The zero-order valence-electron chi connectivity index (χ0n) is 14.9. The fourth-order valence-corrected chi connectivity index (χ4v) is 2.37. The second kappa shape index (κ2) is 8.70. The van der Waals surface area contributed by atoms with Crippen molar-refractivity contribution < 1.29 is 13.6 Å². The Kier molecular flexibility index (Phi) is 5.88. The van der Waals surface area contributed by atoms with Crippen molar-refractivity contribution >= 4 is 11.9 Å². The van der Waals surface area contributed by atoms with E-state index in [2.05, 4.69) is 20.6 Å². The van der Waals surface area contributed by atoms with Crippen LogP contribution in [0.5, 0.6) is 0 Å². The molecule has 0 atom stereocenters. The topological polar surface area (TPSA) is 119 Å². The van der Waals surface area contributed by atoms with Gasteiger partial charge in [0.05, 0.1) is 13.1 Å². The molecule has 0 saturated carbocycles. The zero-order chi connectivity index (χ0) is 19.1. The molecular formula is C19H21N5O3. The van der Waals surface area contributed by atoms with Crippen LogP contribution in [0.2, 0.25) is 0 Å². The van der Waals surface area contributed by atoms with Gasteiger partial charge in [0.2, 0.25) is 5.89 Å². The molecule has 0 spiro atoms. The molecule has 0 unspecified atom stereocenters. The highest BCUT2D eigenvalue weighted by Crippen LogP contribution is 2.18. The number of hydrogen-bond acceptors (Lipinski definition) is 5. The molecule has 3 rings (SSSR count). The lowest BCUT2D eigenvalue weighted by Crippen LogP contribution is -2.36. The molecule has 0 aliphatic rings. The van der Waals surface area contributed by atoms with Gasteiger partial charge in [-0.25, -0.2) is 9.98 Å². The molecule has 0 bridgehead atoms. The molecule has 1 amide bonds. The van der Waals surface area contributed by atoms with Gasteiger partial charge >= 0.3 is 0 Å². The normalized spacial score (nSPS) is 11.4. The van der Waals surface area contributed by atoms with E-state index >= 15 is 0 Å². The molecule has 0 saturated heterocycles. The van der Waals surface area contributed by atoms with E-state index in [1.807, 2.05) is 37.3 Å². The van der Waals surface area contributed by atoms with Gasteiger partial charge in [0.25, 0.3) is 5.91 Å². The second-order valence-electron chi connectivity index (χ2n) is 5.69. The molecule has 1 aromatic carbocycles. The van der Waals surface area contributed by atoms with Crippen molar-refractivity contribution in [1.29, 1.82) is 0 Å². The summed E-state index contributed by atoms with van der Waals surface area (Å²) in [6, 6.07) is 12.9. The number of aromatic nitrogens is 1. The number of furan rings is 1. The summed E-state index contributed by atoms with van der Waals surface area (Å²) in [7, 11) is 0. The van der Waals surface area contributed by atoms with Gasteiger partial charge in [-0.3, -0.25) is 4.79 Å². The summed E-state index contributed by atoms with van der Waals surface area (Å²) in [6.07, 6.45) is 1.60. The van der Waals surface area contributed by atoms with Crippen LogP contribution in [0.25, 0.3) is 11.5 Å². The number of carbonyl (C=O) groups excluding carboxylic acids is 1. The number of primary amides is 1. The predicted molar refractivity (Wildman–Crippen MR) is 101 cm³/mol. The molecule has 2 aromatic heterocycles. The monoisotopic (exact) mass is 367 g/mol. The lowest BCUT2D eigenvalue weighted by Gasteiger charge is -2.09. The molecule has 27 heavy (non-hydrogen) atoms. The maximum absolute atomic E-state index is 11.1. The van der Waals surface area contributed by atoms with Gasteiger partial charge in [-0.05, 0) is 31.2 Å². The number of nitrogens with two attached hydrogens (primary N) is 1. The molecular weight excluding hydrogens is 346 g/mol. The van der Waals surface area contributed by atoms with E-state index in [0.29, 0.717) is 37.2 Å². The largest absolute Gasteiger partial charge is 0.454 e. The minimum Gasteiger partial charge on any atom is -0.454 e. The minimum absolute atomic E-state index is 0.129. The number of guanidine groups is 1. The fraction of sp³-hybridized carbons (Fsp3) is 0.211. The van der Waals surface area contributed by atoms with E-state index in [1.165, 1.54) is 0 Å². The number of aliphatic imine (C=N–C) groups is 1. The molecule has 0 fully saturated rings. The summed E-state index contributed by atoms with van der Waals surface area (Å²) in [6.45, 7) is 3.40. The first-order valence-electron chi connectivity index (χ1n) is 8.56. The number of oxazole rings is 1. The number of carbonyl (C=O) groups is 1. The first-order chi connectivity index (χ1) is 13.2. The maximum Gasteiger partial charge on any atom is 0.284 e. The third kappa shape index (κ3) is 4.97.